The van der Waals surface area contributed by atoms with E-state index in [2.05, 4.69) is 6.07 Å². The Balaban J connectivity index is 2.13. The molecule has 0 atom stereocenters. The Bertz CT molecular complexity index is 1300. The first-order chi connectivity index (χ1) is 14.7. The molecule has 0 radical (unpaired) electrons. The first-order valence-corrected chi connectivity index (χ1v) is 10.6. The molecule has 3 rings (SSSR count). The molecular formula is C25H24N2O3S. The van der Waals surface area contributed by atoms with Crippen LogP contribution in [0, 0.1) is 16.7 Å². The molecule has 0 unspecified atom stereocenters. The molecule has 0 amide bonds. The van der Waals surface area contributed by atoms with Crippen molar-refractivity contribution in [2.24, 2.45) is 5.41 Å². The quantitative estimate of drug-likeness (QED) is 0.621. The number of thiazole rings is 1. The standard InChI is InChI=1S/C25H24N2O3S/c1-25(2,3)22(28)14-23-27(16-19-7-5-18(15-26)6-8-19)24(29)21(31-23)13-17-9-11-20(30-4)12-10-17/h5-14H,16H2,1-4H3/b21-13-,23-14-. The Morgan fingerprint density at radius 3 is 2.32 bits per heavy atom. The number of nitriles is 1. The molecule has 3 aromatic rings. The van der Waals surface area contributed by atoms with Crippen LogP contribution in [-0.4, -0.2) is 17.5 Å². The van der Waals surface area contributed by atoms with E-state index >= 15 is 0 Å². The molecule has 1 heterocycles. The highest BCUT2D eigenvalue weighted by atomic mass is 32.1. The molecule has 158 valence electrons. The monoisotopic (exact) mass is 432 g/mol. The average Bonchev–Trinajstić information content (AvgIpc) is 3.03. The molecule has 0 aliphatic rings. The van der Waals surface area contributed by atoms with Crippen LogP contribution in [0.3, 0.4) is 0 Å². The number of carbonyl (C=O) groups excluding carboxylic acids is 1. The lowest BCUT2D eigenvalue weighted by Crippen LogP contribution is -2.32. The SMILES string of the molecule is COc1ccc(/C=c2\s/c(=C\C(=O)C(C)(C)C)n(Cc3ccc(C#N)cc3)c2=O)cc1. The summed E-state index contributed by atoms with van der Waals surface area (Å²) in [5.74, 6) is 0.699. The number of ether oxygens (including phenoxy) is 1. The van der Waals surface area contributed by atoms with Gasteiger partial charge >= 0.3 is 0 Å². The highest BCUT2D eigenvalue weighted by molar-refractivity contribution is 7.07. The molecule has 0 bridgehead atoms. The molecule has 0 aliphatic heterocycles. The third-order valence-corrected chi connectivity index (χ3v) is 5.83. The number of nitrogens with zero attached hydrogens (tertiary/aromatic N) is 2. The van der Waals surface area contributed by atoms with Gasteiger partial charge in [0.1, 0.15) is 10.4 Å². The second-order valence-corrected chi connectivity index (χ2v) is 9.24. The van der Waals surface area contributed by atoms with Crippen LogP contribution in [0.5, 0.6) is 5.75 Å². The van der Waals surface area contributed by atoms with Crippen molar-refractivity contribution in [2.45, 2.75) is 27.3 Å². The van der Waals surface area contributed by atoms with Gasteiger partial charge in [0.05, 0.1) is 29.8 Å². The van der Waals surface area contributed by atoms with E-state index < -0.39 is 5.41 Å². The number of methoxy groups -OCH3 is 1. The zero-order valence-electron chi connectivity index (χ0n) is 18.0. The first kappa shape index (κ1) is 22.3. The summed E-state index contributed by atoms with van der Waals surface area (Å²) >= 11 is 1.30. The van der Waals surface area contributed by atoms with Crippen LogP contribution in [-0.2, 0) is 11.3 Å². The third kappa shape index (κ3) is 5.39. The molecule has 0 aliphatic carbocycles. The number of benzene rings is 2. The number of hydrogen-bond acceptors (Lipinski definition) is 5. The van der Waals surface area contributed by atoms with Crippen molar-refractivity contribution in [1.29, 1.82) is 5.26 Å². The Morgan fingerprint density at radius 2 is 1.77 bits per heavy atom. The summed E-state index contributed by atoms with van der Waals surface area (Å²) in [6.45, 7) is 5.88. The van der Waals surface area contributed by atoms with Gasteiger partial charge in [0.25, 0.3) is 5.56 Å². The first-order valence-electron chi connectivity index (χ1n) is 9.82. The van der Waals surface area contributed by atoms with E-state index in [-0.39, 0.29) is 11.3 Å². The summed E-state index contributed by atoms with van der Waals surface area (Å²) in [6, 6.07) is 16.6. The van der Waals surface area contributed by atoms with Crippen molar-refractivity contribution in [3.05, 3.63) is 84.8 Å². The average molecular weight is 433 g/mol. The van der Waals surface area contributed by atoms with Crippen LogP contribution in [0.2, 0.25) is 0 Å². The van der Waals surface area contributed by atoms with Gasteiger partial charge in [-0.3, -0.25) is 14.2 Å². The molecule has 0 fully saturated rings. The molecule has 5 nitrogen and oxygen atoms in total. The minimum atomic E-state index is -0.542. The lowest BCUT2D eigenvalue weighted by atomic mass is 9.91. The van der Waals surface area contributed by atoms with Gasteiger partial charge in [0, 0.05) is 11.5 Å². The minimum Gasteiger partial charge on any atom is -0.497 e. The number of carbonyl (C=O) groups is 1. The molecular weight excluding hydrogens is 408 g/mol. The van der Waals surface area contributed by atoms with Crippen LogP contribution in [0.4, 0.5) is 0 Å². The Kier molecular flexibility index (Phi) is 6.57. The lowest BCUT2D eigenvalue weighted by molar-refractivity contribution is -0.120. The summed E-state index contributed by atoms with van der Waals surface area (Å²) in [5.41, 5.74) is 1.62. The molecule has 6 heteroatoms. The van der Waals surface area contributed by atoms with E-state index in [1.165, 1.54) is 11.3 Å². The Hall–Kier alpha value is -3.43. The largest absolute Gasteiger partial charge is 0.497 e. The summed E-state index contributed by atoms with van der Waals surface area (Å²) in [7, 11) is 1.61. The van der Waals surface area contributed by atoms with E-state index in [0.29, 0.717) is 21.3 Å². The van der Waals surface area contributed by atoms with E-state index in [9.17, 15) is 9.59 Å². The predicted octanol–water partition coefficient (Wildman–Crippen LogP) is 3.06. The Labute approximate surface area is 185 Å². The van der Waals surface area contributed by atoms with Crippen LogP contribution in [0.15, 0.2) is 53.3 Å². The number of aromatic nitrogens is 1. The fourth-order valence-electron chi connectivity index (χ4n) is 2.84. The second kappa shape index (κ2) is 9.15. The molecule has 1 aromatic heterocycles. The number of ketones is 1. The van der Waals surface area contributed by atoms with Crippen LogP contribution < -0.4 is 19.5 Å². The van der Waals surface area contributed by atoms with Crippen molar-refractivity contribution in [3.63, 3.8) is 0 Å². The number of rotatable bonds is 5. The van der Waals surface area contributed by atoms with Gasteiger partial charge in [0.2, 0.25) is 0 Å². The summed E-state index contributed by atoms with van der Waals surface area (Å²) in [5, 5.41) is 9.00. The molecule has 2 aromatic carbocycles. The van der Waals surface area contributed by atoms with Crippen LogP contribution in [0.25, 0.3) is 12.2 Å². The predicted molar refractivity (Wildman–Crippen MR) is 124 cm³/mol. The second-order valence-electron chi connectivity index (χ2n) is 8.18. The van der Waals surface area contributed by atoms with Crippen molar-refractivity contribution in [3.8, 4) is 11.8 Å². The molecule has 0 spiro atoms. The number of hydrogen-bond donors (Lipinski definition) is 0. The van der Waals surface area contributed by atoms with E-state index in [0.717, 1.165) is 16.9 Å². The van der Waals surface area contributed by atoms with Gasteiger partial charge < -0.3 is 4.74 Å². The van der Waals surface area contributed by atoms with E-state index in [1.54, 1.807) is 29.9 Å². The fraction of sp³-hybridized carbons (Fsp3) is 0.240. The summed E-state index contributed by atoms with van der Waals surface area (Å²) < 4.78 is 7.95. The van der Waals surface area contributed by atoms with Gasteiger partial charge in [-0.15, -0.1) is 11.3 Å². The Morgan fingerprint density at radius 1 is 1.13 bits per heavy atom. The van der Waals surface area contributed by atoms with Crippen molar-refractivity contribution >= 4 is 29.3 Å². The zero-order chi connectivity index (χ0) is 22.6. The minimum absolute atomic E-state index is 0.0432. The highest BCUT2D eigenvalue weighted by Gasteiger charge is 2.19. The van der Waals surface area contributed by atoms with Gasteiger partial charge in [-0.2, -0.15) is 5.26 Å². The van der Waals surface area contributed by atoms with Crippen molar-refractivity contribution in [2.75, 3.05) is 7.11 Å². The van der Waals surface area contributed by atoms with Gasteiger partial charge in [-0.25, -0.2) is 0 Å². The maximum Gasteiger partial charge on any atom is 0.269 e. The lowest BCUT2D eigenvalue weighted by Gasteiger charge is -2.13. The van der Waals surface area contributed by atoms with E-state index in [4.69, 9.17) is 10.00 Å². The van der Waals surface area contributed by atoms with Crippen LogP contribution >= 0.6 is 11.3 Å². The zero-order valence-corrected chi connectivity index (χ0v) is 18.8. The van der Waals surface area contributed by atoms with E-state index in [1.807, 2.05) is 63.2 Å². The fourth-order valence-corrected chi connectivity index (χ4v) is 3.88. The number of Topliss-reactive ketones (excluding diaryl/α,β-unsaturated/α-hetero) is 1. The molecule has 0 N–H and O–H groups in total. The van der Waals surface area contributed by atoms with Gasteiger partial charge in [-0.05, 0) is 41.5 Å². The molecule has 0 saturated heterocycles. The normalized spacial score (nSPS) is 12.6. The third-order valence-electron chi connectivity index (χ3n) is 4.77. The van der Waals surface area contributed by atoms with Crippen LogP contribution in [0.1, 0.15) is 37.5 Å². The molecule has 0 saturated carbocycles. The van der Waals surface area contributed by atoms with Gasteiger partial charge in [-0.1, -0.05) is 45.0 Å². The maximum atomic E-state index is 13.2. The topological polar surface area (TPSA) is 72.1 Å². The van der Waals surface area contributed by atoms with Crippen molar-refractivity contribution in [1.82, 2.24) is 4.57 Å². The highest BCUT2D eigenvalue weighted by Crippen LogP contribution is 2.15. The maximum absolute atomic E-state index is 13.2. The smallest absolute Gasteiger partial charge is 0.269 e. The summed E-state index contributed by atoms with van der Waals surface area (Å²) in [6.07, 6.45) is 3.38. The molecule has 31 heavy (non-hydrogen) atoms. The van der Waals surface area contributed by atoms with Gasteiger partial charge in [0.15, 0.2) is 5.78 Å². The van der Waals surface area contributed by atoms with Crippen molar-refractivity contribution < 1.29 is 9.53 Å². The summed E-state index contributed by atoms with van der Waals surface area (Å²) in [4.78, 5) is 25.9.